The molecule has 1 aromatic heterocycles. The molecule has 1 aliphatic heterocycles. The minimum absolute atomic E-state index is 0.0529. The van der Waals surface area contributed by atoms with Crippen LogP contribution in [0.2, 0.25) is 10.0 Å². The Morgan fingerprint density at radius 1 is 1.05 bits per heavy atom. The highest BCUT2D eigenvalue weighted by molar-refractivity contribution is 7.89. The van der Waals surface area contributed by atoms with E-state index in [1.165, 1.54) is 44.8 Å². The van der Waals surface area contributed by atoms with Crippen LogP contribution in [-0.4, -0.2) is 80.7 Å². The van der Waals surface area contributed by atoms with Crippen molar-refractivity contribution >= 4 is 66.8 Å². The zero-order valence-corrected chi connectivity index (χ0v) is 23.9. The number of nitrogens with zero attached hydrogens (tertiary/aromatic N) is 4. The van der Waals surface area contributed by atoms with Gasteiger partial charge in [0, 0.05) is 45.4 Å². The molecule has 4 rings (SSSR count). The molecule has 2 heterocycles. The average molecular weight is 602 g/mol. The number of ether oxygens (including phenoxy) is 2. The van der Waals surface area contributed by atoms with E-state index in [-0.39, 0.29) is 43.2 Å². The van der Waals surface area contributed by atoms with Gasteiger partial charge in [-0.3, -0.25) is 4.79 Å². The van der Waals surface area contributed by atoms with Crippen LogP contribution in [0.3, 0.4) is 0 Å². The minimum Gasteiger partial charge on any atom is -0.450 e. The standard InChI is InChI=1S/C24H26Cl2N4O6S2/c1-3-36-24(32)28-10-12-29(13-11-28)38(33,34)17-6-4-16(5-7-17)22(31)27-23-30(14-15-35-2)21-19(37-23)9-8-18(25)20(21)26/h4-9H,3,10-15H2,1-2H3. The number of sulfonamides is 1. The van der Waals surface area contributed by atoms with Crippen LogP contribution in [0, 0.1) is 0 Å². The van der Waals surface area contributed by atoms with Crippen molar-refractivity contribution in [2.24, 2.45) is 4.99 Å². The second-order valence-electron chi connectivity index (χ2n) is 8.27. The Bertz CT molecular complexity index is 1510. The van der Waals surface area contributed by atoms with Gasteiger partial charge >= 0.3 is 6.09 Å². The smallest absolute Gasteiger partial charge is 0.409 e. The van der Waals surface area contributed by atoms with Crippen LogP contribution in [0.4, 0.5) is 4.79 Å². The van der Waals surface area contributed by atoms with Gasteiger partial charge < -0.3 is 18.9 Å². The first-order valence-electron chi connectivity index (χ1n) is 11.7. The normalized spacial score (nSPS) is 15.3. The van der Waals surface area contributed by atoms with Crippen molar-refractivity contribution < 1.29 is 27.5 Å². The van der Waals surface area contributed by atoms with Crippen molar-refractivity contribution in [3.8, 4) is 0 Å². The minimum atomic E-state index is -3.80. The van der Waals surface area contributed by atoms with Crippen molar-refractivity contribution in [1.29, 1.82) is 0 Å². The summed E-state index contributed by atoms with van der Waals surface area (Å²) in [6, 6.07) is 9.14. The molecule has 38 heavy (non-hydrogen) atoms. The summed E-state index contributed by atoms with van der Waals surface area (Å²) in [7, 11) is -2.23. The Morgan fingerprint density at radius 2 is 1.74 bits per heavy atom. The van der Waals surface area contributed by atoms with Gasteiger partial charge in [-0.2, -0.15) is 9.30 Å². The molecule has 0 spiro atoms. The second-order valence-corrected chi connectivity index (χ2v) is 12.0. The topological polar surface area (TPSA) is 111 Å². The van der Waals surface area contributed by atoms with E-state index in [0.717, 1.165) is 4.70 Å². The zero-order valence-electron chi connectivity index (χ0n) is 20.7. The van der Waals surface area contributed by atoms with Gasteiger partial charge in [-0.05, 0) is 43.3 Å². The molecule has 0 unspecified atom stereocenters. The summed E-state index contributed by atoms with van der Waals surface area (Å²) < 4.78 is 40.3. The van der Waals surface area contributed by atoms with Crippen LogP contribution in [0.15, 0.2) is 46.3 Å². The monoisotopic (exact) mass is 600 g/mol. The number of thiazole rings is 1. The van der Waals surface area contributed by atoms with E-state index in [2.05, 4.69) is 4.99 Å². The molecule has 0 aliphatic carbocycles. The van der Waals surface area contributed by atoms with Crippen molar-refractivity contribution in [1.82, 2.24) is 13.8 Å². The van der Waals surface area contributed by atoms with Crippen LogP contribution in [0.25, 0.3) is 10.2 Å². The van der Waals surface area contributed by atoms with Crippen molar-refractivity contribution in [2.75, 3.05) is 46.5 Å². The van der Waals surface area contributed by atoms with E-state index in [9.17, 15) is 18.0 Å². The Morgan fingerprint density at radius 3 is 2.37 bits per heavy atom. The van der Waals surface area contributed by atoms with E-state index in [0.29, 0.717) is 33.5 Å². The van der Waals surface area contributed by atoms with Gasteiger partial charge in [0.25, 0.3) is 5.91 Å². The van der Waals surface area contributed by atoms with Crippen molar-refractivity contribution in [2.45, 2.75) is 18.4 Å². The van der Waals surface area contributed by atoms with E-state index in [4.69, 9.17) is 32.7 Å². The largest absolute Gasteiger partial charge is 0.450 e. The number of piperazine rings is 1. The highest BCUT2D eigenvalue weighted by Gasteiger charge is 2.30. The quantitative estimate of drug-likeness (QED) is 0.407. The Kier molecular flexibility index (Phi) is 9.11. The van der Waals surface area contributed by atoms with Gasteiger partial charge in [0.2, 0.25) is 10.0 Å². The second kappa shape index (κ2) is 12.1. The molecule has 0 radical (unpaired) electrons. The number of rotatable bonds is 7. The maximum absolute atomic E-state index is 13.1. The first-order chi connectivity index (χ1) is 18.2. The van der Waals surface area contributed by atoms with Gasteiger partial charge in [0.15, 0.2) is 4.80 Å². The number of hydrogen-bond donors (Lipinski definition) is 0. The molecule has 10 nitrogen and oxygen atoms in total. The molecule has 0 bridgehead atoms. The molecule has 0 N–H and O–H groups in total. The maximum atomic E-state index is 13.1. The summed E-state index contributed by atoms with van der Waals surface area (Å²) in [5.41, 5.74) is 0.896. The molecule has 2 aromatic carbocycles. The third-order valence-electron chi connectivity index (χ3n) is 5.95. The number of fused-ring (bicyclic) bond motifs is 1. The number of methoxy groups -OCH3 is 1. The fourth-order valence-electron chi connectivity index (χ4n) is 3.97. The number of benzene rings is 2. The van der Waals surface area contributed by atoms with Gasteiger partial charge in [0.1, 0.15) is 0 Å². The Hall–Kier alpha value is -2.48. The number of carbonyl (C=O) groups is 2. The van der Waals surface area contributed by atoms with Gasteiger partial charge in [-0.25, -0.2) is 13.2 Å². The molecule has 0 saturated carbocycles. The summed E-state index contributed by atoms with van der Waals surface area (Å²) in [5.74, 6) is -0.531. The summed E-state index contributed by atoms with van der Waals surface area (Å²) in [6.45, 7) is 3.52. The van der Waals surface area contributed by atoms with Crippen molar-refractivity contribution in [3.63, 3.8) is 0 Å². The number of aromatic nitrogens is 1. The highest BCUT2D eigenvalue weighted by atomic mass is 35.5. The lowest BCUT2D eigenvalue weighted by Gasteiger charge is -2.33. The number of carbonyl (C=O) groups excluding carboxylic acids is 2. The van der Waals surface area contributed by atoms with Gasteiger partial charge in [0.05, 0.1) is 38.4 Å². The summed E-state index contributed by atoms with van der Waals surface area (Å²) >= 11 is 13.9. The first-order valence-corrected chi connectivity index (χ1v) is 14.8. The van der Waals surface area contributed by atoms with E-state index in [1.54, 1.807) is 24.7 Å². The first kappa shape index (κ1) is 28.5. The average Bonchev–Trinajstić information content (AvgIpc) is 3.27. The van der Waals surface area contributed by atoms with Crippen LogP contribution in [0.1, 0.15) is 17.3 Å². The molecule has 1 aliphatic rings. The molecule has 14 heteroatoms. The predicted octanol–water partition coefficient (Wildman–Crippen LogP) is 3.86. The lowest BCUT2D eigenvalue weighted by Crippen LogP contribution is -2.50. The lowest BCUT2D eigenvalue weighted by molar-refractivity contribution is 0.0933. The van der Waals surface area contributed by atoms with E-state index in [1.807, 2.05) is 6.07 Å². The summed E-state index contributed by atoms with van der Waals surface area (Å²) in [4.78, 5) is 31.1. The molecule has 0 atom stereocenters. The molecular formula is C24H26Cl2N4O6S2. The third kappa shape index (κ3) is 5.90. The van der Waals surface area contributed by atoms with Crippen LogP contribution in [-0.2, 0) is 26.0 Å². The maximum Gasteiger partial charge on any atom is 0.409 e. The lowest BCUT2D eigenvalue weighted by atomic mass is 10.2. The molecule has 1 saturated heterocycles. The summed E-state index contributed by atoms with van der Waals surface area (Å²) in [6.07, 6.45) is -0.455. The molecular weight excluding hydrogens is 575 g/mol. The van der Waals surface area contributed by atoms with Crippen molar-refractivity contribution in [3.05, 3.63) is 56.8 Å². The summed E-state index contributed by atoms with van der Waals surface area (Å²) in [5, 5.41) is 0.753. The van der Waals surface area contributed by atoms with Crippen LogP contribution in [0.5, 0.6) is 0 Å². The predicted molar refractivity (Wildman–Crippen MR) is 145 cm³/mol. The van der Waals surface area contributed by atoms with Gasteiger partial charge in [-0.1, -0.05) is 34.5 Å². The Balaban J connectivity index is 1.56. The zero-order chi connectivity index (χ0) is 27.4. The van der Waals surface area contributed by atoms with Gasteiger partial charge in [-0.15, -0.1) is 0 Å². The molecule has 1 fully saturated rings. The fraction of sp³-hybridized carbons (Fsp3) is 0.375. The van der Waals surface area contributed by atoms with E-state index < -0.39 is 22.0 Å². The SMILES string of the molecule is CCOC(=O)N1CCN(S(=O)(=O)c2ccc(C(=O)N=c3sc4ccc(Cl)c(Cl)c4n3CCOC)cc2)CC1. The molecule has 2 amide bonds. The van der Waals surface area contributed by atoms with E-state index >= 15 is 0 Å². The molecule has 204 valence electrons. The molecule has 3 aromatic rings. The fourth-order valence-corrected chi connectivity index (χ4v) is 6.93. The van der Waals surface area contributed by atoms with Crippen LogP contribution >= 0.6 is 34.5 Å². The highest BCUT2D eigenvalue weighted by Crippen LogP contribution is 2.32. The number of halogens is 2. The Labute approximate surface area is 234 Å². The third-order valence-corrected chi connectivity index (χ3v) is 9.70. The van der Waals surface area contributed by atoms with Crippen LogP contribution < -0.4 is 4.80 Å². The number of amides is 2. The number of hydrogen-bond acceptors (Lipinski definition) is 7.